The molecule has 0 aromatic heterocycles. The Morgan fingerprint density at radius 1 is 1.77 bits per heavy atom. The van der Waals surface area contributed by atoms with Crippen LogP contribution in [0.4, 0.5) is 4.79 Å². The molecule has 2 unspecified atom stereocenters. The van der Waals surface area contributed by atoms with Crippen molar-refractivity contribution in [2.24, 2.45) is 0 Å². The Hall–Kier alpha value is -0.810. The summed E-state index contributed by atoms with van der Waals surface area (Å²) >= 11 is 0. The highest BCUT2D eigenvalue weighted by Gasteiger charge is 2.41. The SMILES string of the molecule is CCONC(=O)N1CC2CC1CO2. The molecule has 0 saturated carbocycles. The smallest absolute Gasteiger partial charge is 0.341 e. The molecule has 0 aromatic carbocycles. The molecule has 0 spiro atoms. The zero-order valence-corrected chi connectivity index (χ0v) is 7.66. The molecule has 2 bridgehead atoms. The van der Waals surface area contributed by atoms with Crippen LogP contribution < -0.4 is 5.48 Å². The van der Waals surface area contributed by atoms with E-state index in [1.807, 2.05) is 6.92 Å². The maximum Gasteiger partial charge on any atom is 0.341 e. The number of morpholine rings is 1. The van der Waals surface area contributed by atoms with Crippen LogP contribution in [-0.2, 0) is 9.57 Å². The van der Waals surface area contributed by atoms with E-state index >= 15 is 0 Å². The quantitative estimate of drug-likeness (QED) is 0.623. The second kappa shape index (κ2) is 3.51. The molecule has 74 valence electrons. The average Bonchev–Trinajstić information content (AvgIpc) is 2.74. The van der Waals surface area contributed by atoms with Gasteiger partial charge in [0, 0.05) is 6.54 Å². The summed E-state index contributed by atoms with van der Waals surface area (Å²) in [6, 6.07) is 0.114. The van der Waals surface area contributed by atoms with Crippen LogP contribution in [0.3, 0.4) is 0 Å². The lowest BCUT2D eigenvalue weighted by atomic mass is 10.2. The summed E-state index contributed by atoms with van der Waals surface area (Å²) in [4.78, 5) is 18.0. The normalized spacial score (nSPS) is 31.0. The van der Waals surface area contributed by atoms with Gasteiger partial charge in [0.05, 0.1) is 25.4 Å². The maximum atomic E-state index is 11.4. The number of carbonyl (C=O) groups excluding carboxylic acids is 1. The van der Waals surface area contributed by atoms with Crippen molar-refractivity contribution in [1.82, 2.24) is 10.4 Å². The lowest BCUT2D eigenvalue weighted by molar-refractivity contribution is 0.0190. The predicted molar refractivity (Wildman–Crippen MR) is 45.0 cm³/mol. The zero-order chi connectivity index (χ0) is 9.26. The van der Waals surface area contributed by atoms with E-state index in [0.29, 0.717) is 19.8 Å². The number of carbonyl (C=O) groups is 1. The van der Waals surface area contributed by atoms with Crippen LogP contribution in [0.1, 0.15) is 13.3 Å². The van der Waals surface area contributed by atoms with Crippen molar-refractivity contribution in [2.45, 2.75) is 25.5 Å². The van der Waals surface area contributed by atoms with E-state index < -0.39 is 0 Å². The van der Waals surface area contributed by atoms with Crippen LogP contribution in [0.15, 0.2) is 0 Å². The Morgan fingerprint density at radius 2 is 2.62 bits per heavy atom. The second-order valence-corrected chi connectivity index (χ2v) is 3.34. The van der Waals surface area contributed by atoms with E-state index in [4.69, 9.17) is 9.57 Å². The molecular weight excluding hydrogens is 172 g/mol. The lowest BCUT2D eigenvalue weighted by Crippen LogP contribution is -2.46. The van der Waals surface area contributed by atoms with E-state index in [2.05, 4.69) is 5.48 Å². The van der Waals surface area contributed by atoms with E-state index in [9.17, 15) is 4.79 Å². The Labute approximate surface area is 76.9 Å². The first kappa shape index (κ1) is 8.77. The maximum absolute atomic E-state index is 11.4. The molecule has 5 heteroatoms. The molecule has 0 radical (unpaired) electrons. The molecule has 2 aliphatic heterocycles. The molecule has 2 atom stereocenters. The summed E-state index contributed by atoms with van der Waals surface area (Å²) in [5, 5.41) is 0. The number of hydroxylamine groups is 1. The van der Waals surface area contributed by atoms with Crippen molar-refractivity contribution >= 4 is 6.03 Å². The molecule has 2 amide bonds. The summed E-state index contributed by atoms with van der Waals surface area (Å²) in [6.45, 7) is 3.69. The van der Waals surface area contributed by atoms with Gasteiger partial charge in [0.2, 0.25) is 0 Å². The standard InChI is InChI=1S/C8H14N2O3/c1-2-13-9-8(11)10-4-7-3-6(10)5-12-7/h6-7H,2-5H2,1H3,(H,9,11). The number of fused-ring (bicyclic) bond motifs is 2. The van der Waals surface area contributed by atoms with Crippen molar-refractivity contribution in [3.05, 3.63) is 0 Å². The van der Waals surface area contributed by atoms with E-state index in [1.165, 1.54) is 0 Å². The van der Waals surface area contributed by atoms with Gasteiger partial charge >= 0.3 is 6.03 Å². The van der Waals surface area contributed by atoms with Gasteiger partial charge < -0.3 is 9.64 Å². The van der Waals surface area contributed by atoms with Crippen LogP contribution in [-0.4, -0.2) is 42.8 Å². The topological polar surface area (TPSA) is 50.8 Å². The van der Waals surface area contributed by atoms with Gasteiger partial charge in [0.15, 0.2) is 0 Å². The fourth-order valence-corrected chi connectivity index (χ4v) is 1.84. The van der Waals surface area contributed by atoms with E-state index in [1.54, 1.807) is 4.90 Å². The number of amides is 2. The molecular formula is C8H14N2O3. The van der Waals surface area contributed by atoms with Gasteiger partial charge in [-0.2, -0.15) is 0 Å². The molecule has 2 fully saturated rings. The molecule has 1 N–H and O–H groups in total. The van der Waals surface area contributed by atoms with E-state index in [0.717, 1.165) is 6.42 Å². The summed E-state index contributed by atoms with van der Waals surface area (Å²) in [5.41, 5.74) is 2.39. The number of urea groups is 1. The van der Waals surface area contributed by atoms with Gasteiger partial charge in [0.25, 0.3) is 0 Å². The molecule has 2 saturated heterocycles. The number of nitrogens with zero attached hydrogens (tertiary/aromatic N) is 1. The predicted octanol–water partition coefficient (Wildman–Crippen LogP) is 0.121. The number of hydrogen-bond acceptors (Lipinski definition) is 3. The Balaban J connectivity index is 1.84. The van der Waals surface area contributed by atoms with Crippen molar-refractivity contribution in [1.29, 1.82) is 0 Å². The zero-order valence-electron chi connectivity index (χ0n) is 7.66. The Bertz CT molecular complexity index is 210. The molecule has 2 heterocycles. The number of ether oxygens (including phenoxy) is 1. The molecule has 13 heavy (non-hydrogen) atoms. The van der Waals surface area contributed by atoms with Crippen LogP contribution in [0.25, 0.3) is 0 Å². The molecule has 2 rings (SSSR count). The fraction of sp³-hybridized carbons (Fsp3) is 0.875. The first-order chi connectivity index (χ1) is 6.31. The van der Waals surface area contributed by atoms with Crippen LogP contribution in [0.2, 0.25) is 0 Å². The van der Waals surface area contributed by atoms with Gasteiger partial charge in [-0.05, 0) is 13.3 Å². The second-order valence-electron chi connectivity index (χ2n) is 3.34. The van der Waals surface area contributed by atoms with E-state index in [-0.39, 0.29) is 18.2 Å². The van der Waals surface area contributed by atoms with Crippen LogP contribution in [0.5, 0.6) is 0 Å². The van der Waals surface area contributed by atoms with Crippen molar-refractivity contribution < 1.29 is 14.4 Å². The fourth-order valence-electron chi connectivity index (χ4n) is 1.84. The highest BCUT2D eigenvalue weighted by Crippen LogP contribution is 2.27. The number of hydrogen-bond donors (Lipinski definition) is 1. The average molecular weight is 186 g/mol. The van der Waals surface area contributed by atoms with Crippen molar-refractivity contribution in [3.8, 4) is 0 Å². The van der Waals surface area contributed by atoms with Crippen LogP contribution >= 0.6 is 0 Å². The number of rotatable bonds is 2. The van der Waals surface area contributed by atoms with Gasteiger partial charge in [0.1, 0.15) is 0 Å². The third-order valence-electron chi connectivity index (χ3n) is 2.47. The Morgan fingerprint density at radius 3 is 3.15 bits per heavy atom. The van der Waals surface area contributed by atoms with Gasteiger partial charge in [-0.15, -0.1) is 0 Å². The number of nitrogens with one attached hydrogen (secondary N) is 1. The summed E-state index contributed by atoms with van der Waals surface area (Å²) < 4.78 is 5.37. The molecule has 2 aliphatic rings. The lowest BCUT2D eigenvalue weighted by Gasteiger charge is -2.26. The number of likely N-dealkylation sites (tertiary alicyclic amines) is 1. The molecule has 0 aliphatic carbocycles. The minimum atomic E-state index is -0.141. The largest absolute Gasteiger partial charge is 0.374 e. The molecule has 5 nitrogen and oxygen atoms in total. The van der Waals surface area contributed by atoms with Gasteiger partial charge in [-0.3, -0.25) is 4.84 Å². The van der Waals surface area contributed by atoms with Crippen LogP contribution in [0, 0.1) is 0 Å². The van der Waals surface area contributed by atoms with Crippen molar-refractivity contribution in [3.63, 3.8) is 0 Å². The Kier molecular flexibility index (Phi) is 2.37. The summed E-state index contributed by atoms with van der Waals surface area (Å²) in [6.07, 6.45) is 1.22. The monoisotopic (exact) mass is 186 g/mol. The minimum absolute atomic E-state index is 0.141. The summed E-state index contributed by atoms with van der Waals surface area (Å²) in [7, 11) is 0. The van der Waals surface area contributed by atoms with Crippen molar-refractivity contribution in [2.75, 3.05) is 19.8 Å². The highest BCUT2D eigenvalue weighted by molar-refractivity contribution is 5.74. The highest BCUT2D eigenvalue weighted by atomic mass is 16.7. The van der Waals surface area contributed by atoms with Gasteiger partial charge in [-0.1, -0.05) is 0 Å². The third-order valence-corrected chi connectivity index (χ3v) is 2.47. The first-order valence-electron chi connectivity index (χ1n) is 4.61. The van der Waals surface area contributed by atoms with Gasteiger partial charge in [-0.25, -0.2) is 10.3 Å². The first-order valence-corrected chi connectivity index (χ1v) is 4.61. The molecule has 0 aromatic rings. The third kappa shape index (κ3) is 1.62. The minimum Gasteiger partial charge on any atom is -0.374 e. The summed E-state index contributed by atoms with van der Waals surface area (Å²) in [5.74, 6) is 0.